The monoisotopic (exact) mass is 300 g/mol. The van der Waals surface area contributed by atoms with Gasteiger partial charge in [-0.25, -0.2) is 0 Å². The Morgan fingerprint density at radius 1 is 1.19 bits per heavy atom. The third kappa shape index (κ3) is 4.71. The first kappa shape index (κ1) is 16.3. The van der Waals surface area contributed by atoms with Gasteiger partial charge in [0, 0.05) is 0 Å². The highest BCUT2D eigenvalue weighted by atomic mass is 19.4. The number of benzene rings is 1. The summed E-state index contributed by atoms with van der Waals surface area (Å²) in [5.41, 5.74) is 0.288. The van der Waals surface area contributed by atoms with Crippen LogP contribution in [0, 0.1) is 5.92 Å². The molecular formula is C16H23F3N2. The van der Waals surface area contributed by atoms with Crippen LogP contribution in [0.3, 0.4) is 0 Å². The molecule has 0 saturated carbocycles. The summed E-state index contributed by atoms with van der Waals surface area (Å²) in [4.78, 5) is 2.34. The quantitative estimate of drug-likeness (QED) is 0.893. The van der Waals surface area contributed by atoms with E-state index in [-0.39, 0.29) is 5.56 Å². The molecule has 5 heteroatoms. The molecular weight excluding hydrogens is 277 g/mol. The first-order chi connectivity index (χ1) is 10.0. The van der Waals surface area contributed by atoms with Gasteiger partial charge in [-0.15, -0.1) is 0 Å². The van der Waals surface area contributed by atoms with Crippen LogP contribution < -0.4 is 5.32 Å². The molecule has 2 nitrogen and oxygen atoms in total. The molecule has 1 aromatic carbocycles. The molecule has 1 aliphatic heterocycles. The molecule has 21 heavy (non-hydrogen) atoms. The van der Waals surface area contributed by atoms with Crippen molar-refractivity contribution >= 4 is 0 Å². The highest BCUT2D eigenvalue weighted by Gasteiger charge is 2.40. The van der Waals surface area contributed by atoms with Gasteiger partial charge in [0.05, 0.1) is 0 Å². The van der Waals surface area contributed by atoms with E-state index in [1.807, 2.05) is 0 Å². The average Bonchev–Trinajstić information content (AvgIpc) is 2.48. The lowest BCUT2D eigenvalue weighted by atomic mass is 9.96. The molecule has 1 N–H and O–H groups in total. The van der Waals surface area contributed by atoms with E-state index >= 15 is 0 Å². The largest absolute Gasteiger partial charge is 0.407 e. The predicted octanol–water partition coefficient (Wildman–Crippen LogP) is 3.61. The van der Waals surface area contributed by atoms with E-state index in [0.29, 0.717) is 12.5 Å². The van der Waals surface area contributed by atoms with Crippen LogP contribution in [0.15, 0.2) is 30.3 Å². The van der Waals surface area contributed by atoms with Gasteiger partial charge in [0.2, 0.25) is 0 Å². The Morgan fingerprint density at radius 2 is 1.81 bits per heavy atom. The van der Waals surface area contributed by atoms with Crippen molar-refractivity contribution in [2.24, 2.45) is 5.92 Å². The van der Waals surface area contributed by atoms with E-state index in [1.54, 1.807) is 18.2 Å². The minimum Gasteiger partial charge on any atom is -0.304 e. The van der Waals surface area contributed by atoms with Crippen molar-refractivity contribution in [2.75, 3.05) is 26.2 Å². The van der Waals surface area contributed by atoms with Gasteiger partial charge in [-0.05, 0) is 50.5 Å². The van der Waals surface area contributed by atoms with Crippen LogP contribution in [-0.2, 0) is 0 Å². The van der Waals surface area contributed by atoms with Gasteiger partial charge in [0.25, 0.3) is 0 Å². The summed E-state index contributed by atoms with van der Waals surface area (Å²) in [7, 11) is 0. The van der Waals surface area contributed by atoms with Crippen LogP contribution in [0.25, 0.3) is 0 Å². The fourth-order valence-electron chi connectivity index (χ4n) is 2.86. The van der Waals surface area contributed by atoms with Gasteiger partial charge in [0.15, 0.2) is 0 Å². The average molecular weight is 300 g/mol. The SMILES string of the molecule is CCN1CCC(CNC(c2ccccc2)C(F)(F)F)CC1. The number of halogens is 3. The first-order valence-electron chi connectivity index (χ1n) is 7.58. The number of alkyl halides is 3. The molecule has 1 heterocycles. The number of piperidine rings is 1. The summed E-state index contributed by atoms with van der Waals surface area (Å²) >= 11 is 0. The minimum absolute atomic E-state index is 0.288. The molecule has 2 rings (SSSR count). The molecule has 1 unspecified atom stereocenters. The molecule has 0 amide bonds. The molecule has 1 saturated heterocycles. The molecule has 118 valence electrons. The summed E-state index contributed by atoms with van der Waals surface area (Å²) in [6, 6.07) is 6.53. The Morgan fingerprint density at radius 3 is 2.33 bits per heavy atom. The van der Waals surface area contributed by atoms with Crippen molar-refractivity contribution in [1.82, 2.24) is 10.2 Å². The van der Waals surface area contributed by atoms with E-state index in [0.717, 1.165) is 32.5 Å². The summed E-state index contributed by atoms with van der Waals surface area (Å²) in [5.74, 6) is 0.335. The van der Waals surface area contributed by atoms with Crippen molar-refractivity contribution < 1.29 is 13.2 Å². The third-order valence-corrected chi connectivity index (χ3v) is 4.23. The van der Waals surface area contributed by atoms with Gasteiger partial charge in [0.1, 0.15) is 6.04 Å². The lowest BCUT2D eigenvalue weighted by molar-refractivity contribution is -0.158. The normalized spacial score (nSPS) is 19.6. The van der Waals surface area contributed by atoms with Crippen molar-refractivity contribution in [3.05, 3.63) is 35.9 Å². The minimum atomic E-state index is -4.26. The Kier molecular flexibility index (Phi) is 5.65. The van der Waals surface area contributed by atoms with E-state index < -0.39 is 12.2 Å². The molecule has 1 aliphatic rings. The lowest BCUT2D eigenvalue weighted by Gasteiger charge is -2.32. The van der Waals surface area contributed by atoms with Gasteiger partial charge < -0.3 is 10.2 Å². The van der Waals surface area contributed by atoms with Crippen LogP contribution >= 0.6 is 0 Å². The molecule has 0 radical (unpaired) electrons. The Balaban J connectivity index is 1.92. The summed E-state index contributed by atoms with van der Waals surface area (Å²) < 4.78 is 39.6. The highest BCUT2D eigenvalue weighted by Crippen LogP contribution is 2.33. The molecule has 0 spiro atoms. The fourth-order valence-corrected chi connectivity index (χ4v) is 2.86. The van der Waals surface area contributed by atoms with Crippen molar-refractivity contribution in [3.8, 4) is 0 Å². The molecule has 0 aromatic heterocycles. The van der Waals surface area contributed by atoms with E-state index in [4.69, 9.17) is 0 Å². The van der Waals surface area contributed by atoms with Crippen molar-refractivity contribution in [2.45, 2.75) is 32.0 Å². The zero-order valence-corrected chi connectivity index (χ0v) is 12.4. The van der Waals surface area contributed by atoms with Crippen LogP contribution in [0.4, 0.5) is 13.2 Å². The predicted molar refractivity (Wildman–Crippen MR) is 78.1 cm³/mol. The maximum absolute atomic E-state index is 13.2. The van der Waals surface area contributed by atoms with Gasteiger partial charge in [-0.2, -0.15) is 13.2 Å². The topological polar surface area (TPSA) is 15.3 Å². The number of hydrogen-bond donors (Lipinski definition) is 1. The molecule has 1 aromatic rings. The third-order valence-electron chi connectivity index (χ3n) is 4.23. The van der Waals surface area contributed by atoms with Crippen LogP contribution in [-0.4, -0.2) is 37.3 Å². The summed E-state index contributed by atoms with van der Waals surface area (Å²) in [6.07, 6.45) is -2.31. The van der Waals surface area contributed by atoms with E-state index in [2.05, 4.69) is 17.1 Å². The fraction of sp³-hybridized carbons (Fsp3) is 0.625. The second-order valence-corrected chi connectivity index (χ2v) is 5.67. The standard InChI is InChI=1S/C16H23F3N2/c1-2-21-10-8-13(9-11-21)12-20-15(16(17,18)19)14-6-4-3-5-7-14/h3-7,13,15,20H,2,8-12H2,1H3. The van der Waals surface area contributed by atoms with Gasteiger partial charge in [-0.1, -0.05) is 37.3 Å². The molecule has 0 aliphatic carbocycles. The van der Waals surface area contributed by atoms with Crippen molar-refractivity contribution in [3.63, 3.8) is 0 Å². The zero-order valence-electron chi connectivity index (χ0n) is 12.4. The maximum Gasteiger partial charge on any atom is 0.407 e. The van der Waals surface area contributed by atoms with E-state index in [1.165, 1.54) is 12.1 Å². The second-order valence-electron chi connectivity index (χ2n) is 5.67. The number of nitrogens with one attached hydrogen (secondary N) is 1. The molecule has 1 atom stereocenters. The Labute approximate surface area is 124 Å². The zero-order chi connectivity index (χ0) is 15.3. The maximum atomic E-state index is 13.2. The summed E-state index contributed by atoms with van der Waals surface area (Å²) in [5, 5.41) is 2.74. The smallest absolute Gasteiger partial charge is 0.304 e. The van der Waals surface area contributed by atoms with Gasteiger partial charge >= 0.3 is 6.18 Å². The van der Waals surface area contributed by atoms with Crippen LogP contribution in [0.1, 0.15) is 31.4 Å². The second kappa shape index (κ2) is 7.27. The first-order valence-corrected chi connectivity index (χ1v) is 7.58. The molecule has 0 bridgehead atoms. The number of hydrogen-bond acceptors (Lipinski definition) is 2. The Bertz CT molecular complexity index is 411. The van der Waals surface area contributed by atoms with Crippen LogP contribution in [0.2, 0.25) is 0 Å². The molecule has 1 fully saturated rings. The highest BCUT2D eigenvalue weighted by molar-refractivity contribution is 5.20. The van der Waals surface area contributed by atoms with Crippen molar-refractivity contribution in [1.29, 1.82) is 0 Å². The number of nitrogens with zero attached hydrogens (tertiary/aromatic N) is 1. The summed E-state index contributed by atoms with van der Waals surface area (Å²) in [6.45, 7) is 5.55. The Hall–Kier alpha value is -1.07. The van der Waals surface area contributed by atoms with E-state index in [9.17, 15) is 13.2 Å². The number of likely N-dealkylation sites (tertiary alicyclic amines) is 1. The number of rotatable bonds is 5. The lowest BCUT2D eigenvalue weighted by Crippen LogP contribution is -2.41. The van der Waals surface area contributed by atoms with Gasteiger partial charge in [-0.3, -0.25) is 0 Å². The van der Waals surface area contributed by atoms with Crippen LogP contribution in [0.5, 0.6) is 0 Å².